The van der Waals surface area contributed by atoms with Crippen LogP contribution in [0, 0.1) is 0 Å². The van der Waals surface area contributed by atoms with Crippen molar-refractivity contribution in [1.82, 2.24) is 30.5 Å². The number of nitrogens with zero attached hydrogens (tertiary/aromatic N) is 4. The average molecular weight is 381 g/mol. The lowest BCUT2D eigenvalue weighted by molar-refractivity contribution is -0.122. The van der Waals surface area contributed by atoms with Crippen molar-refractivity contribution in [3.63, 3.8) is 0 Å². The SMILES string of the molecule is CC(C)NCc1cn(C2CCN(CC(=O)NCCCOC(C)C)CC2)nn1. The van der Waals surface area contributed by atoms with E-state index >= 15 is 0 Å². The fourth-order valence-electron chi connectivity index (χ4n) is 3.10. The van der Waals surface area contributed by atoms with E-state index in [-0.39, 0.29) is 12.0 Å². The number of likely N-dealkylation sites (tertiary alicyclic amines) is 1. The smallest absolute Gasteiger partial charge is 0.234 e. The summed E-state index contributed by atoms with van der Waals surface area (Å²) >= 11 is 0. The van der Waals surface area contributed by atoms with E-state index in [0.29, 0.717) is 31.8 Å². The van der Waals surface area contributed by atoms with Gasteiger partial charge in [-0.15, -0.1) is 5.10 Å². The molecular weight excluding hydrogens is 344 g/mol. The van der Waals surface area contributed by atoms with Gasteiger partial charge in [-0.3, -0.25) is 9.69 Å². The van der Waals surface area contributed by atoms with Gasteiger partial charge in [0.25, 0.3) is 0 Å². The van der Waals surface area contributed by atoms with E-state index in [2.05, 4.69) is 39.7 Å². The van der Waals surface area contributed by atoms with E-state index in [9.17, 15) is 4.79 Å². The topological polar surface area (TPSA) is 84.3 Å². The zero-order valence-corrected chi connectivity index (χ0v) is 17.3. The Morgan fingerprint density at radius 1 is 1.30 bits per heavy atom. The van der Waals surface area contributed by atoms with Gasteiger partial charge in [-0.05, 0) is 33.1 Å². The molecule has 0 aromatic carbocycles. The molecule has 2 rings (SSSR count). The van der Waals surface area contributed by atoms with Crippen molar-refractivity contribution in [3.8, 4) is 0 Å². The maximum Gasteiger partial charge on any atom is 0.234 e. The van der Waals surface area contributed by atoms with Gasteiger partial charge < -0.3 is 15.4 Å². The second-order valence-corrected chi connectivity index (χ2v) is 7.86. The second-order valence-electron chi connectivity index (χ2n) is 7.86. The van der Waals surface area contributed by atoms with Crippen molar-refractivity contribution in [1.29, 1.82) is 0 Å². The summed E-state index contributed by atoms with van der Waals surface area (Å²) in [6.45, 7) is 12.7. The van der Waals surface area contributed by atoms with Gasteiger partial charge in [0.2, 0.25) is 5.91 Å². The van der Waals surface area contributed by atoms with E-state index < -0.39 is 0 Å². The molecule has 0 saturated carbocycles. The first-order valence-corrected chi connectivity index (χ1v) is 10.2. The fraction of sp³-hybridized carbons (Fsp3) is 0.842. The lowest BCUT2D eigenvalue weighted by atomic mass is 10.1. The molecule has 0 bridgehead atoms. The number of carbonyl (C=O) groups is 1. The molecule has 154 valence electrons. The summed E-state index contributed by atoms with van der Waals surface area (Å²) < 4.78 is 7.47. The maximum atomic E-state index is 12.1. The average Bonchev–Trinajstić information content (AvgIpc) is 3.09. The van der Waals surface area contributed by atoms with Crippen molar-refractivity contribution >= 4 is 5.91 Å². The van der Waals surface area contributed by atoms with E-state index in [1.54, 1.807) is 0 Å². The first-order chi connectivity index (χ1) is 12.9. The summed E-state index contributed by atoms with van der Waals surface area (Å²) in [4.78, 5) is 14.3. The molecule has 1 amide bonds. The van der Waals surface area contributed by atoms with E-state index in [4.69, 9.17) is 4.74 Å². The van der Waals surface area contributed by atoms with Gasteiger partial charge in [0.15, 0.2) is 0 Å². The summed E-state index contributed by atoms with van der Waals surface area (Å²) in [5.41, 5.74) is 0.979. The zero-order chi connectivity index (χ0) is 19.6. The number of nitrogens with one attached hydrogen (secondary N) is 2. The predicted octanol–water partition coefficient (Wildman–Crippen LogP) is 1.34. The number of hydrogen-bond acceptors (Lipinski definition) is 6. The number of hydrogen-bond donors (Lipinski definition) is 2. The molecule has 0 unspecified atom stereocenters. The Hall–Kier alpha value is -1.51. The van der Waals surface area contributed by atoms with Crippen LogP contribution >= 0.6 is 0 Å². The van der Waals surface area contributed by atoms with Crippen LogP contribution in [-0.4, -0.2) is 70.7 Å². The zero-order valence-electron chi connectivity index (χ0n) is 17.3. The Labute approximate surface area is 163 Å². The first-order valence-electron chi connectivity index (χ1n) is 10.2. The third-order valence-corrected chi connectivity index (χ3v) is 4.64. The maximum absolute atomic E-state index is 12.1. The van der Waals surface area contributed by atoms with Gasteiger partial charge in [0.1, 0.15) is 0 Å². The molecule has 8 heteroatoms. The highest BCUT2D eigenvalue weighted by molar-refractivity contribution is 5.77. The third-order valence-electron chi connectivity index (χ3n) is 4.64. The monoisotopic (exact) mass is 380 g/mol. The molecule has 1 saturated heterocycles. The number of carbonyl (C=O) groups excluding carboxylic acids is 1. The van der Waals surface area contributed by atoms with Crippen LogP contribution in [0.5, 0.6) is 0 Å². The molecule has 8 nitrogen and oxygen atoms in total. The minimum absolute atomic E-state index is 0.0980. The van der Waals surface area contributed by atoms with E-state index in [0.717, 1.165) is 44.6 Å². The number of rotatable bonds is 11. The van der Waals surface area contributed by atoms with Crippen LogP contribution in [0.3, 0.4) is 0 Å². The molecule has 0 aliphatic carbocycles. The molecule has 1 aliphatic heterocycles. The van der Waals surface area contributed by atoms with Gasteiger partial charge in [0, 0.05) is 38.8 Å². The largest absolute Gasteiger partial charge is 0.379 e. The van der Waals surface area contributed by atoms with Gasteiger partial charge in [-0.1, -0.05) is 19.1 Å². The van der Waals surface area contributed by atoms with Gasteiger partial charge in [-0.2, -0.15) is 0 Å². The van der Waals surface area contributed by atoms with Crippen LogP contribution in [0.2, 0.25) is 0 Å². The van der Waals surface area contributed by atoms with Crippen molar-refractivity contribution in [2.75, 3.05) is 32.8 Å². The number of aromatic nitrogens is 3. The molecule has 1 aromatic rings. The van der Waals surface area contributed by atoms with Crippen LogP contribution in [0.15, 0.2) is 6.20 Å². The Bertz CT molecular complexity index is 552. The number of amides is 1. The number of piperidine rings is 1. The van der Waals surface area contributed by atoms with Crippen molar-refractivity contribution < 1.29 is 9.53 Å². The van der Waals surface area contributed by atoms with Crippen LogP contribution < -0.4 is 10.6 Å². The first kappa shape index (κ1) is 21.8. The van der Waals surface area contributed by atoms with Crippen molar-refractivity contribution in [3.05, 3.63) is 11.9 Å². The standard InChI is InChI=1S/C19H36N6O2/c1-15(2)21-12-17-13-25(23-22-17)18-6-9-24(10-7-18)14-19(26)20-8-5-11-27-16(3)4/h13,15-16,18,21H,5-12,14H2,1-4H3,(H,20,26). The Balaban J connectivity index is 1.63. The second kappa shape index (κ2) is 11.4. The molecule has 0 radical (unpaired) electrons. The van der Waals surface area contributed by atoms with Crippen molar-refractivity contribution in [2.45, 2.75) is 71.7 Å². The highest BCUT2D eigenvalue weighted by atomic mass is 16.5. The van der Waals surface area contributed by atoms with Gasteiger partial charge in [-0.25, -0.2) is 4.68 Å². The Morgan fingerprint density at radius 2 is 2.04 bits per heavy atom. The fourth-order valence-corrected chi connectivity index (χ4v) is 3.10. The van der Waals surface area contributed by atoms with Crippen LogP contribution in [0.25, 0.3) is 0 Å². The highest BCUT2D eigenvalue weighted by Crippen LogP contribution is 2.21. The minimum Gasteiger partial charge on any atom is -0.379 e. The summed E-state index contributed by atoms with van der Waals surface area (Å²) in [7, 11) is 0. The molecular formula is C19H36N6O2. The molecule has 2 heterocycles. The van der Waals surface area contributed by atoms with Gasteiger partial charge >= 0.3 is 0 Å². The molecule has 0 spiro atoms. The Kier molecular flexibility index (Phi) is 9.17. The van der Waals surface area contributed by atoms with Crippen LogP contribution in [0.4, 0.5) is 0 Å². The minimum atomic E-state index is 0.0980. The molecule has 27 heavy (non-hydrogen) atoms. The predicted molar refractivity (Wildman–Crippen MR) is 105 cm³/mol. The number of ether oxygens (including phenoxy) is 1. The lowest BCUT2D eigenvalue weighted by Gasteiger charge is -2.31. The third kappa shape index (κ3) is 8.36. The molecule has 1 aliphatic rings. The molecule has 2 N–H and O–H groups in total. The van der Waals surface area contributed by atoms with Crippen LogP contribution in [0.1, 0.15) is 58.7 Å². The summed E-state index contributed by atoms with van der Waals surface area (Å²) in [6, 6.07) is 0.810. The Morgan fingerprint density at radius 3 is 2.70 bits per heavy atom. The molecule has 1 aromatic heterocycles. The quantitative estimate of drug-likeness (QED) is 0.564. The summed E-state index contributed by atoms with van der Waals surface area (Å²) in [5.74, 6) is 0.0980. The lowest BCUT2D eigenvalue weighted by Crippen LogP contribution is -2.42. The van der Waals surface area contributed by atoms with E-state index in [1.165, 1.54) is 0 Å². The van der Waals surface area contributed by atoms with Crippen LogP contribution in [-0.2, 0) is 16.1 Å². The summed E-state index contributed by atoms with van der Waals surface area (Å²) in [6.07, 6.45) is 5.13. The summed E-state index contributed by atoms with van der Waals surface area (Å²) in [5, 5.41) is 14.9. The normalized spacial score (nSPS) is 16.4. The van der Waals surface area contributed by atoms with Gasteiger partial charge in [0.05, 0.1) is 30.6 Å². The molecule has 1 fully saturated rings. The molecule has 0 atom stereocenters. The van der Waals surface area contributed by atoms with E-state index in [1.807, 2.05) is 24.7 Å². The van der Waals surface area contributed by atoms with Crippen molar-refractivity contribution in [2.24, 2.45) is 0 Å². The highest BCUT2D eigenvalue weighted by Gasteiger charge is 2.22.